The number of nitrogens with zero attached hydrogens (tertiary/aromatic N) is 1. The van der Waals surface area contributed by atoms with Crippen molar-refractivity contribution in [3.8, 4) is 0 Å². The molecule has 19 heavy (non-hydrogen) atoms. The summed E-state index contributed by atoms with van der Waals surface area (Å²) in [5.74, 6) is 0.808. The van der Waals surface area contributed by atoms with Gasteiger partial charge in [-0.1, -0.05) is 39.8 Å². The number of anilines is 1. The zero-order chi connectivity index (χ0) is 13.9. The molecule has 0 aromatic heterocycles. The Hall–Kier alpha value is -1.02. The summed E-state index contributed by atoms with van der Waals surface area (Å²) in [5, 5.41) is 3.46. The third-order valence-electron chi connectivity index (χ3n) is 4.07. The molecule has 2 heteroatoms. The normalized spacial score (nSPS) is 20.0. The van der Waals surface area contributed by atoms with Gasteiger partial charge in [0.2, 0.25) is 0 Å². The Morgan fingerprint density at radius 3 is 2.47 bits per heavy atom. The zero-order valence-corrected chi connectivity index (χ0v) is 12.9. The van der Waals surface area contributed by atoms with Crippen molar-refractivity contribution in [2.45, 2.75) is 39.5 Å². The predicted molar refractivity (Wildman–Crippen MR) is 84.0 cm³/mol. The van der Waals surface area contributed by atoms with Gasteiger partial charge in [-0.2, -0.15) is 0 Å². The van der Waals surface area contributed by atoms with Crippen molar-refractivity contribution in [2.75, 3.05) is 31.1 Å². The Bertz CT molecular complexity index is 389. The molecule has 0 bridgehead atoms. The maximum atomic E-state index is 3.46. The highest BCUT2D eigenvalue weighted by Crippen LogP contribution is 2.27. The van der Waals surface area contributed by atoms with E-state index in [4.69, 9.17) is 0 Å². The summed E-state index contributed by atoms with van der Waals surface area (Å²) in [4.78, 5) is 2.52. The molecule has 106 valence electrons. The number of hydrogen-bond donors (Lipinski definition) is 1. The van der Waals surface area contributed by atoms with Crippen molar-refractivity contribution >= 4 is 5.69 Å². The summed E-state index contributed by atoms with van der Waals surface area (Å²) in [6, 6.07) is 9.15. The van der Waals surface area contributed by atoms with E-state index in [-0.39, 0.29) is 5.41 Å². The van der Waals surface area contributed by atoms with Crippen molar-refractivity contribution in [1.29, 1.82) is 0 Å². The first-order valence-electron chi connectivity index (χ1n) is 7.57. The van der Waals surface area contributed by atoms with Gasteiger partial charge < -0.3 is 10.2 Å². The second kappa shape index (κ2) is 5.96. The lowest BCUT2D eigenvalue weighted by Crippen LogP contribution is -2.26. The van der Waals surface area contributed by atoms with E-state index in [1.165, 1.54) is 30.8 Å². The summed E-state index contributed by atoms with van der Waals surface area (Å²) in [6.45, 7) is 13.6. The first kappa shape index (κ1) is 14.4. The quantitative estimate of drug-likeness (QED) is 0.892. The van der Waals surface area contributed by atoms with Gasteiger partial charge in [0.25, 0.3) is 0 Å². The fraction of sp³-hybridized carbons (Fsp3) is 0.647. The molecule has 1 aromatic rings. The number of benzene rings is 1. The van der Waals surface area contributed by atoms with Crippen LogP contribution in [0.2, 0.25) is 0 Å². The second-order valence-corrected chi connectivity index (χ2v) is 6.71. The third kappa shape index (κ3) is 3.73. The van der Waals surface area contributed by atoms with E-state index in [0.29, 0.717) is 0 Å². The molecular weight excluding hydrogens is 232 g/mol. The average Bonchev–Trinajstić information content (AvgIpc) is 2.84. The SMILES string of the molecule is CCNCC1CCN(c2ccc(C(C)(C)C)cc2)C1. The molecule has 1 fully saturated rings. The van der Waals surface area contributed by atoms with Gasteiger partial charge in [0, 0.05) is 18.8 Å². The van der Waals surface area contributed by atoms with E-state index in [1.807, 2.05) is 0 Å². The van der Waals surface area contributed by atoms with Crippen LogP contribution in [-0.2, 0) is 5.41 Å². The molecule has 2 nitrogen and oxygen atoms in total. The van der Waals surface area contributed by atoms with Crippen LogP contribution < -0.4 is 10.2 Å². The highest BCUT2D eigenvalue weighted by atomic mass is 15.2. The standard InChI is InChI=1S/C17H28N2/c1-5-18-12-14-10-11-19(13-14)16-8-6-15(7-9-16)17(2,3)4/h6-9,14,18H,5,10-13H2,1-4H3. The van der Waals surface area contributed by atoms with Crippen LogP contribution in [0.3, 0.4) is 0 Å². The first-order chi connectivity index (χ1) is 9.00. The lowest BCUT2D eigenvalue weighted by atomic mass is 9.87. The second-order valence-electron chi connectivity index (χ2n) is 6.71. The Labute approximate surface area is 118 Å². The molecule has 1 heterocycles. The Balaban J connectivity index is 1.96. The molecule has 1 aromatic carbocycles. The van der Waals surface area contributed by atoms with Crippen molar-refractivity contribution in [2.24, 2.45) is 5.92 Å². The topological polar surface area (TPSA) is 15.3 Å². The van der Waals surface area contributed by atoms with Crippen molar-refractivity contribution in [3.05, 3.63) is 29.8 Å². The minimum Gasteiger partial charge on any atom is -0.371 e. The lowest BCUT2D eigenvalue weighted by Gasteiger charge is -2.22. The molecule has 1 unspecified atom stereocenters. The first-order valence-corrected chi connectivity index (χ1v) is 7.57. The molecule has 0 amide bonds. The van der Waals surface area contributed by atoms with E-state index in [1.54, 1.807) is 0 Å². The van der Waals surface area contributed by atoms with Crippen molar-refractivity contribution < 1.29 is 0 Å². The Morgan fingerprint density at radius 1 is 1.21 bits per heavy atom. The van der Waals surface area contributed by atoms with Gasteiger partial charge in [-0.15, -0.1) is 0 Å². The minimum atomic E-state index is 0.247. The van der Waals surface area contributed by atoms with Crippen LogP contribution in [0.4, 0.5) is 5.69 Å². The van der Waals surface area contributed by atoms with Gasteiger partial charge in [0.05, 0.1) is 0 Å². The van der Waals surface area contributed by atoms with Gasteiger partial charge in [0.1, 0.15) is 0 Å². The zero-order valence-electron chi connectivity index (χ0n) is 12.9. The van der Waals surface area contributed by atoms with Crippen LogP contribution in [0, 0.1) is 5.92 Å². The van der Waals surface area contributed by atoms with Gasteiger partial charge in [0.15, 0.2) is 0 Å². The van der Waals surface area contributed by atoms with E-state index >= 15 is 0 Å². The summed E-state index contributed by atoms with van der Waals surface area (Å²) >= 11 is 0. The molecule has 1 saturated heterocycles. The number of rotatable bonds is 4. The van der Waals surface area contributed by atoms with Crippen LogP contribution in [0.5, 0.6) is 0 Å². The summed E-state index contributed by atoms with van der Waals surface area (Å²) in [7, 11) is 0. The minimum absolute atomic E-state index is 0.247. The predicted octanol–water partition coefficient (Wildman–Crippen LogP) is 3.42. The van der Waals surface area contributed by atoms with Gasteiger partial charge in [-0.25, -0.2) is 0 Å². The molecule has 1 N–H and O–H groups in total. The molecule has 0 saturated carbocycles. The van der Waals surface area contributed by atoms with Crippen LogP contribution >= 0.6 is 0 Å². The molecule has 0 spiro atoms. The number of hydrogen-bond acceptors (Lipinski definition) is 2. The van der Waals surface area contributed by atoms with E-state index in [0.717, 1.165) is 19.0 Å². The van der Waals surface area contributed by atoms with Crippen LogP contribution in [-0.4, -0.2) is 26.2 Å². The molecule has 0 radical (unpaired) electrons. The Kier molecular flexibility index (Phi) is 4.51. The third-order valence-corrected chi connectivity index (χ3v) is 4.07. The van der Waals surface area contributed by atoms with E-state index in [2.05, 4.69) is 62.2 Å². The molecule has 1 atom stereocenters. The van der Waals surface area contributed by atoms with Crippen LogP contribution in [0.15, 0.2) is 24.3 Å². The van der Waals surface area contributed by atoms with Gasteiger partial charge in [-0.3, -0.25) is 0 Å². The van der Waals surface area contributed by atoms with Crippen molar-refractivity contribution in [3.63, 3.8) is 0 Å². The lowest BCUT2D eigenvalue weighted by molar-refractivity contribution is 0.528. The maximum Gasteiger partial charge on any atom is 0.0366 e. The fourth-order valence-corrected chi connectivity index (χ4v) is 2.75. The van der Waals surface area contributed by atoms with E-state index in [9.17, 15) is 0 Å². The highest BCUT2D eigenvalue weighted by molar-refractivity contribution is 5.49. The van der Waals surface area contributed by atoms with Crippen LogP contribution in [0.25, 0.3) is 0 Å². The molecule has 2 rings (SSSR count). The molecule has 1 aliphatic rings. The summed E-state index contributed by atoms with van der Waals surface area (Å²) < 4.78 is 0. The number of nitrogens with one attached hydrogen (secondary N) is 1. The van der Waals surface area contributed by atoms with E-state index < -0.39 is 0 Å². The fourth-order valence-electron chi connectivity index (χ4n) is 2.75. The Morgan fingerprint density at radius 2 is 1.89 bits per heavy atom. The largest absolute Gasteiger partial charge is 0.371 e. The summed E-state index contributed by atoms with van der Waals surface area (Å²) in [6.07, 6.45) is 1.31. The molecule has 0 aliphatic carbocycles. The summed E-state index contributed by atoms with van der Waals surface area (Å²) in [5.41, 5.74) is 3.04. The van der Waals surface area contributed by atoms with Crippen LogP contribution in [0.1, 0.15) is 39.7 Å². The monoisotopic (exact) mass is 260 g/mol. The average molecular weight is 260 g/mol. The molecular formula is C17H28N2. The maximum absolute atomic E-state index is 3.46. The highest BCUT2D eigenvalue weighted by Gasteiger charge is 2.22. The smallest absolute Gasteiger partial charge is 0.0366 e. The van der Waals surface area contributed by atoms with Gasteiger partial charge in [-0.05, 0) is 48.5 Å². The van der Waals surface area contributed by atoms with Crippen molar-refractivity contribution in [1.82, 2.24) is 5.32 Å². The molecule has 1 aliphatic heterocycles. The van der Waals surface area contributed by atoms with Gasteiger partial charge >= 0.3 is 0 Å².